The van der Waals surface area contributed by atoms with Crippen LogP contribution < -0.4 is 10.9 Å². The van der Waals surface area contributed by atoms with Crippen molar-refractivity contribution in [3.05, 3.63) is 57.5 Å². The van der Waals surface area contributed by atoms with Crippen LogP contribution in [0.4, 0.5) is 4.39 Å². The fourth-order valence-electron chi connectivity index (χ4n) is 4.29. The van der Waals surface area contributed by atoms with Gasteiger partial charge in [-0.25, -0.2) is 9.37 Å². The van der Waals surface area contributed by atoms with Crippen molar-refractivity contribution in [1.29, 1.82) is 0 Å². The first kappa shape index (κ1) is 24.3. The third-order valence-electron chi connectivity index (χ3n) is 6.28. The van der Waals surface area contributed by atoms with Crippen LogP contribution in [0.2, 0.25) is 0 Å². The quantitative estimate of drug-likeness (QED) is 0.580. The van der Waals surface area contributed by atoms with Crippen LogP contribution in [0.5, 0.6) is 5.75 Å². The fourth-order valence-corrected chi connectivity index (χ4v) is 4.29. The van der Waals surface area contributed by atoms with Gasteiger partial charge in [-0.1, -0.05) is 12.1 Å². The minimum Gasteiger partial charge on any atom is -0.501 e. The molecule has 0 bridgehead atoms. The second kappa shape index (κ2) is 9.45. The van der Waals surface area contributed by atoms with Gasteiger partial charge in [0.25, 0.3) is 11.5 Å². The van der Waals surface area contributed by atoms with Crippen LogP contribution in [0.3, 0.4) is 0 Å². The van der Waals surface area contributed by atoms with Gasteiger partial charge in [0.2, 0.25) is 5.75 Å². The summed E-state index contributed by atoms with van der Waals surface area (Å²) in [5.74, 6) is -3.01. The van der Waals surface area contributed by atoms with E-state index in [1.165, 1.54) is 52.7 Å². The van der Waals surface area contributed by atoms with Crippen molar-refractivity contribution in [2.45, 2.75) is 31.5 Å². The number of likely N-dealkylation sites (N-methyl/N-ethyl adjacent to an activating group) is 1. The standard InChI is InChI=1S/C23H26FN5O6/c1-27(2)20(33)21(34)28-9-7-23(8-10-28)22-26-16(17(30)19(32)29(22)11-12-35-23)18(31)25-13-14-3-5-15(24)6-4-14/h3-6,30H,7-13H2,1-2H3,(H,25,31). The Labute approximate surface area is 200 Å². The lowest BCUT2D eigenvalue weighted by Crippen LogP contribution is -2.54. The molecule has 1 fully saturated rings. The molecule has 1 aromatic carbocycles. The van der Waals surface area contributed by atoms with E-state index in [-0.39, 0.29) is 51.5 Å². The molecule has 4 rings (SSSR count). The highest BCUT2D eigenvalue weighted by Gasteiger charge is 2.45. The summed E-state index contributed by atoms with van der Waals surface area (Å²) in [6.45, 7) is 0.768. The number of carbonyl (C=O) groups excluding carboxylic acids is 3. The molecule has 0 unspecified atom stereocenters. The molecule has 186 valence electrons. The Morgan fingerprint density at radius 1 is 1.17 bits per heavy atom. The van der Waals surface area contributed by atoms with E-state index in [4.69, 9.17) is 4.74 Å². The number of hydrogen-bond donors (Lipinski definition) is 2. The van der Waals surface area contributed by atoms with Crippen molar-refractivity contribution in [3.63, 3.8) is 0 Å². The van der Waals surface area contributed by atoms with Crippen LogP contribution in [0.25, 0.3) is 0 Å². The topological polar surface area (TPSA) is 134 Å². The van der Waals surface area contributed by atoms with E-state index in [1.807, 2.05) is 0 Å². The molecule has 1 spiro atoms. The van der Waals surface area contributed by atoms with Crippen LogP contribution in [0, 0.1) is 5.82 Å². The molecular weight excluding hydrogens is 461 g/mol. The Hall–Kier alpha value is -3.80. The molecule has 35 heavy (non-hydrogen) atoms. The molecule has 0 aliphatic carbocycles. The van der Waals surface area contributed by atoms with Gasteiger partial charge in [-0.05, 0) is 17.7 Å². The number of halogens is 1. The molecule has 3 heterocycles. The number of rotatable bonds is 3. The number of aromatic hydroxyl groups is 1. The minimum atomic E-state index is -1.05. The summed E-state index contributed by atoms with van der Waals surface area (Å²) in [7, 11) is 3.00. The van der Waals surface area contributed by atoms with Crippen molar-refractivity contribution < 1.29 is 28.6 Å². The average molecular weight is 487 g/mol. The monoisotopic (exact) mass is 487 g/mol. The normalized spacial score (nSPS) is 16.5. The lowest BCUT2D eigenvalue weighted by Gasteiger charge is -2.44. The lowest BCUT2D eigenvalue weighted by molar-refractivity contribution is -0.157. The predicted molar refractivity (Wildman–Crippen MR) is 120 cm³/mol. The van der Waals surface area contributed by atoms with E-state index in [9.17, 15) is 28.7 Å². The molecule has 2 aliphatic rings. The van der Waals surface area contributed by atoms with E-state index >= 15 is 0 Å². The maximum absolute atomic E-state index is 13.1. The average Bonchev–Trinajstić information content (AvgIpc) is 2.85. The SMILES string of the molecule is CN(C)C(=O)C(=O)N1CCC2(CC1)OCCn1c2nc(C(=O)NCc2ccc(F)cc2)c(O)c1=O. The molecule has 2 aromatic rings. The lowest BCUT2D eigenvalue weighted by atomic mass is 9.88. The second-order valence-electron chi connectivity index (χ2n) is 8.73. The van der Waals surface area contributed by atoms with Crippen molar-refractivity contribution in [2.75, 3.05) is 33.8 Å². The highest BCUT2D eigenvalue weighted by molar-refractivity contribution is 6.34. The largest absolute Gasteiger partial charge is 0.501 e. The number of nitrogens with zero attached hydrogens (tertiary/aromatic N) is 4. The number of aromatic nitrogens is 2. The van der Waals surface area contributed by atoms with Crippen LogP contribution in [-0.2, 0) is 33.0 Å². The first-order chi connectivity index (χ1) is 16.6. The van der Waals surface area contributed by atoms with Gasteiger partial charge < -0.3 is 25.0 Å². The number of amides is 3. The van der Waals surface area contributed by atoms with Crippen molar-refractivity contribution >= 4 is 17.7 Å². The van der Waals surface area contributed by atoms with Gasteiger partial charge in [0.05, 0.1) is 13.2 Å². The molecule has 1 saturated heterocycles. The van der Waals surface area contributed by atoms with E-state index in [1.54, 1.807) is 0 Å². The highest BCUT2D eigenvalue weighted by atomic mass is 19.1. The Bertz CT molecular complexity index is 1220. The first-order valence-electron chi connectivity index (χ1n) is 11.1. The number of nitrogens with one attached hydrogen (secondary N) is 1. The van der Waals surface area contributed by atoms with Gasteiger partial charge in [0.1, 0.15) is 17.2 Å². The van der Waals surface area contributed by atoms with E-state index in [0.717, 1.165) is 0 Å². The summed E-state index contributed by atoms with van der Waals surface area (Å²) in [5, 5.41) is 13.0. The van der Waals surface area contributed by atoms with E-state index < -0.39 is 46.1 Å². The van der Waals surface area contributed by atoms with Gasteiger partial charge in [-0.15, -0.1) is 0 Å². The zero-order chi connectivity index (χ0) is 25.3. The summed E-state index contributed by atoms with van der Waals surface area (Å²) in [6.07, 6.45) is 0.514. The third kappa shape index (κ3) is 4.61. The molecule has 2 aliphatic heterocycles. The maximum atomic E-state index is 13.1. The third-order valence-corrected chi connectivity index (χ3v) is 6.28. The molecule has 0 saturated carbocycles. The fraction of sp³-hybridized carbons (Fsp3) is 0.435. The summed E-state index contributed by atoms with van der Waals surface area (Å²) in [6, 6.07) is 5.52. The number of benzene rings is 1. The van der Waals surface area contributed by atoms with E-state index in [2.05, 4.69) is 10.3 Å². The molecule has 3 amide bonds. The molecule has 1 aromatic heterocycles. The Balaban J connectivity index is 1.58. The number of ether oxygens (including phenoxy) is 1. The number of piperidine rings is 1. The van der Waals surface area contributed by atoms with Gasteiger partial charge >= 0.3 is 11.8 Å². The number of carbonyl (C=O) groups is 3. The summed E-state index contributed by atoms with van der Waals surface area (Å²) < 4.78 is 20.4. The molecule has 0 atom stereocenters. The zero-order valence-electron chi connectivity index (χ0n) is 19.4. The first-order valence-corrected chi connectivity index (χ1v) is 11.1. The summed E-state index contributed by atoms with van der Waals surface area (Å²) in [4.78, 5) is 57.1. The number of fused-ring (bicyclic) bond motifs is 2. The Morgan fingerprint density at radius 2 is 1.83 bits per heavy atom. The molecule has 0 radical (unpaired) electrons. The van der Waals surface area contributed by atoms with Gasteiger partial charge in [-0.2, -0.15) is 0 Å². The van der Waals surface area contributed by atoms with Crippen LogP contribution >= 0.6 is 0 Å². The highest BCUT2D eigenvalue weighted by Crippen LogP contribution is 2.38. The summed E-state index contributed by atoms with van der Waals surface area (Å²) in [5.41, 5.74) is -1.62. The molecule has 12 heteroatoms. The minimum absolute atomic E-state index is 0.0390. The molecule has 11 nitrogen and oxygen atoms in total. The number of hydrogen-bond acceptors (Lipinski definition) is 7. The maximum Gasteiger partial charge on any atom is 0.312 e. The van der Waals surface area contributed by atoms with Gasteiger partial charge in [-0.3, -0.25) is 23.7 Å². The Kier molecular flexibility index (Phi) is 6.57. The zero-order valence-corrected chi connectivity index (χ0v) is 19.4. The molecule has 2 N–H and O–H groups in total. The van der Waals surface area contributed by atoms with Crippen LogP contribution in [0.15, 0.2) is 29.1 Å². The van der Waals surface area contributed by atoms with Crippen molar-refractivity contribution in [2.24, 2.45) is 0 Å². The number of likely N-dealkylation sites (tertiary alicyclic amines) is 1. The molecular formula is C23H26FN5O6. The van der Waals surface area contributed by atoms with Crippen molar-refractivity contribution in [3.8, 4) is 5.75 Å². The Morgan fingerprint density at radius 3 is 2.46 bits per heavy atom. The predicted octanol–water partition coefficient (Wildman–Crippen LogP) is -0.0459. The van der Waals surface area contributed by atoms with Crippen LogP contribution in [-0.4, -0.2) is 76.0 Å². The second-order valence-corrected chi connectivity index (χ2v) is 8.73. The van der Waals surface area contributed by atoms with Crippen molar-refractivity contribution in [1.82, 2.24) is 24.7 Å². The van der Waals surface area contributed by atoms with Crippen LogP contribution in [0.1, 0.15) is 34.7 Å². The smallest absolute Gasteiger partial charge is 0.312 e. The van der Waals surface area contributed by atoms with Gasteiger partial charge in [0, 0.05) is 46.6 Å². The van der Waals surface area contributed by atoms with Gasteiger partial charge in [0.15, 0.2) is 5.69 Å². The summed E-state index contributed by atoms with van der Waals surface area (Å²) >= 11 is 0. The van der Waals surface area contributed by atoms with E-state index in [0.29, 0.717) is 5.56 Å².